The van der Waals surface area contributed by atoms with Gasteiger partial charge in [-0.3, -0.25) is 9.69 Å². The van der Waals surface area contributed by atoms with E-state index in [0.29, 0.717) is 0 Å². The van der Waals surface area contributed by atoms with Gasteiger partial charge in [0, 0.05) is 28.9 Å². The lowest BCUT2D eigenvalue weighted by Gasteiger charge is -2.21. The van der Waals surface area contributed by atoms with Gasteiger partial charge in [0.15, 0.2) is 0 Å². The van der Waals surface area contributed by atoms with Crippen molar-refractivity contribution in [3.05, 3.63) is 27.9 Å². The molecule has 0 spiro atoms. The molecule has 1 fully saturated rings. The van der Waals surface area contributed by atoms with Crippen molar-refractivity contribution in [2.75, 3.05) is 6.54 Å². The van der Waals surface area contributed by atoms with E-state index < -0.39 is 5.97 Å². The minimum Gasteiger partial charge on any atom is -0.481 e. The molecule has 0 radical (unpaired) electrons. The van der Waals surface area contributed by atoms with Crippen molar-refractivity contribution < 1.29 is 9.90 Å². The third kappa shape index (κ3) is 2.63. The van der Waals surface area contributed by atoms with Gasteiger partial charge >= 0.3 is 5.97 Å². The zero-order chi connectivity index (χ0) is 14.1. The van der Waals surface area contributed by atoms with Crippen LogP contribution in [0.1, 0.15) is 19.0 Å². The van der Waals surface area contributed by atoms with Gasteiger partial charge in [0.25, 0.3) is 0 Å². The standard InChI is InChI=1S/C14H16N2O2S2/c1-9-12(14(17)18)2-4-16(9)6-11-8-20-13(15-11)10-3-5-19-7-10/h3,5,7-9,12H,2,4,6H2,1H3,(H,17,18). The maximum atomic E-state index is 11.1. The van der Waals surface area contributed by atoms with Gasteiger partial charge in [-0.1, -0.05) is 0 Å². The fourth-order valence-electron chi connectivity index (χ4n) is 2.66. The fourth-order valence-corrected chi connectivity index (χ4v) is 4.19. The Morgan fingerprint density at radius 3 is 3.05 bits per heavy atom. The van der Waals surface area contributed by atoms with E-state index in [0.717, 1.165) is 30.2 Å². The second-order valence-corrected chi connectivity index (χ2v) is 6.74. The van der Waals surface area contributed by atoms with Gasteiger partial charge in [-0.05, 0) is 31.3 Å². The number of aliphatic carboxylic acids is 1. The van der Waals surface area contributed by atoms with Crippen molar-refractivity contribution in [1.82, 2.24) is 9.88 Å². The molecule has 1 saturated heterocycles. The van der Waals surface area contributed by atoms with Gasteiger partial charge in [-0.15, -0.1) is 11.3 Å². The van der Waals surface area contributed by atoms with Crippen molar-refractivity contribution in [3.8, 4) is 10.6 Å². The van der Waals surface area contributed by atoms with Crippen molar-refractivity contribution in [1.29, 1.82) is 0 Å². The molecule has 0 aromatic carbocycles. The minimum atomic E-state index is -0.683. The highest BCUT2D eigenvalue weighted by Crippen LogP contribution is 2.29. The summed E-state index contributed by atoms with van der Waals surface area (Å²) in [5.74, 6) is -0.929. The van der Waals surface area contributed by atoms with E-state index in [1.807, 2.05) is 6.92 Å². The molecule has 3 heterocycles. The Bertz CT molecular complexity index is 594. The van der Waals surface area contributed by atoms with E-state index in [2.05, 4.69) is 32.1 Å². The van der Waals surface area contributed by atoms with Crippen LogP contribution in [-0.4, -0.2) is 33.5 Å². The number of likely N-dealkylation sites (tertiary alicyclic amines) is 1. The first kappa shape index (κ1) is 13.7. The van der Waals surface area contributed by atoms with Gasteiger partial charge < -0.3 is 5.11 Å². The summed E-state index contributed by atoms with van der Waals surface area (Å²) in [6.07, 6.45) is 0.734. The normalized spacial score (nSPS) is 23.2. The average Bonchev–Trinajstić information content (AvgIpc) is 3.12. The molecule has 4 nitrogen and oxygen atoms in total. The van der Waals surface area contributed by atoms with E-state index in [1.54, 1.807) is 22.7 Å². The van der Waals surface area contributed by atoms with Crippen molar-refractivity contribution >= 4 is 28.6 Å². The number of hydrogen-bond donors (Lipinski definition) is 1. The van der Waals surface area contributed by atoms with E-state index in [-0.39, 0.29) is 12.0 Å². The van der Waals surface area contributed by atoms with Crippen molar-refractivity contribution in [3.63, 3.8) is 0 Å². The molecular weight excluding hydrogens is 292 g/mol. The highest BCUT2D eigenvalue weighted by molar-refractivity contribution is 7.14. The van der Waals surface area contributed by atoms with Crippen LogP contribution in [0.5, 0.6) is 0 Å². The van der Waals surface area contributed by atoms with Crippen LogP contribution >= 0.6 is 22.7 Å². The molecule has 3 rings (SSSR count). The molecule has 2 atom stereocenters. The Balaban J connectivity index is 1.69. The molecule has 0 aliphatic carbocycles. The molecule has 1 aliphatic heterocycles. The molecule has 0 saturated carbocycles. The Labute approximate surface area is 125 Å². The van der Waals surface area contributed by atoms with Crippen LogP contribution < -0.4 is 0 Å². The maximum Gasteiger partial charge on any atom is 0.308 e. The number of aromatic nitrogens is 1. The zero-order valence-electron chi connectivity index (χ0n) is 11.2. The molecule has 0 bridgehead atoms. The van der Waals surface area contributed by atoms with Crippen LogP contribution in [0.2, 0.25) is 0 Å². The number of rotatable bonds is 4. The molecule has 1 aliphatic rings. The topological polar surface area (TPSA) is 53.4 Å². The maximum absolute atomic E-state index is 11.1. The van der Waals surface area contributed by atoms with E-state index >= 15 is 0 Å². The second-order valence-electron chi connectivity index (χ2n) is 5.10. The lowest BCUT2D eigenvalue weighted by molar-refractivity contribution is -0.142. The lowest BCUT2D eigenvalue weighted by atomic mass is 10.0. The molecule has 106 valence electrons. The largest absolute Gasteiger partial charge is 0.481 e. The van der Waals surface area contributed by atoms with Crippen molar-refractivity contribution in [2.24, 2.45) is 5.92 Å². The molecule has 0 amide bonds. The minimum absolute atomic E-state index is 0.0822. The van der Waals surface area contributed by atoms with Gasteiger partial charge in [0.1, 0.15) is 5.01 Å². The first-order valence-corrected chi connectivity index (χ1v) is 8.41. The highest BCUT2D eigenvalue weighted by atomic mass is 32.1. The summed E-state index contributed by atoms with van der Waals surface area (Å²) in [6.45, 7) is 3.58. The number of carbonyl (C=O) groups is 1. The van der Waals surface area contributed by atoms with Crippen LogP contribution in [0.3, 0.4) is 0 Å². The van der Waals surface area contributed by atoms with Crippen LogP contribution in [0.25, 0.3) is 10.6 Å². The molecular formula is C14H16N2O2S2. The molecule has 2 aromatic heterocycles. The fraction of sp³-hybridized carbons (Fsp3) is 0.429. The average molecular weight is 308 g/mol. The van der Waals surface area contributed by atoms with Gasteiger partial charge in [-0.25, -0.2) is 4.98 Å². The van der Waals surface area contributed by atoms with Crippen LogP contribution in [0.4, 0.5) is 0 Å². The lowest BCUT2D eigenvalue weighted by Crippen LogP contribution is -2.32. The second kappa shape index (κ2) is 5.63. The third-order valence-electron chi connectivity index (χ3n) is 3.89. The van der Waals surface area contributed by atoms with Crippen LogP contribution in [-0.2, 0) is 11.3 Å². The first-order chi connectivity index (χ1) is 9.65. The quantitative estimate of drug-likeness (QED) is 0.942. The number of thiazole rings is 1. The summed E-state index contributed by atoms with van der Waals surface area (Å²) in [5.41, 5.74) is 2.21. The molecule has 2 unspecified atom stereocenters. The summed E-state index contributed by atoms with van der Waals surface area (Å²) < 4.78 is 0. The molecule has 6 heteroatoms. The van der Waals surface area contributed by atoms with Gasteiger partial charge in [0.05, 0.1) is 11.6 Å². The Hall–Kier alpha value is -1.24. The summed E-state index contributed by atoms with van der Waals surface area (Å²) in [4.78, 5) is 18.0. The third-order valence-corrected chi connectivity index (χ3v) is 5.51. The van der Waals surface area contributed by atoms with E-state index in [1.165, 1.54) is 5.56 Å². The summed E-state index contributed by atoms with van der Waals surface area (Å²) >= 11 is 3.32. The summed E-state index contributed by atoms with van der Waals surface area (Å²) in [7, 11) is 0. The van der Waals surface area contributed by atoms with Crippen molar-refractivity contribution in [2.45, 2.75) is 25.9 Å². The zero-order valence-corrected chi connectivity index (χ0v) is 12.8. The van der Waals surface area contributed by atoms with Crippen LogP contribution in [0.15, 0.2) is 22.2 Å². The smallest absolute Gasteiger partial charge is 0.308 e. The highest BCUT2D eigenvalue weighted by Gasteiger charge is 2.35. The predicted octanol–water partition coefficient (Wildman–Crippen LogP) is 3.17. The Kier molecular flexibility index (Phi) is 3.87. The van der Waals surface area contributed by atoms with Gasteiger partial charge in [-0.2, -0.15) is 11.3 Å². The number of carboxylic acid groups (broad SMARTS) is 1. The van der Waals surface area contributed by atoms with E-state index in [9.17, 15) is 4.79 Å². The predicted molar refractivity (Wildman–Crippen MR) is 81.0 cm³/mol. The number of carboxylic acids is 1. The summed E-state index contributed by atoms with van der Waals surface area (Å²) in [5, 5.41) is 16.4. The molecule has 1 N–H and O–H groups in total. The Morgan fingerprint density at radius 1 is 1.55 bits per heavy atom. The SMILES string of the molecule is CC1C(C(=O)O)CCN1Cc1csc(-c2ccsc2)n1. The monoisotopic (exact) mass is 308 g/mol. The number of thiophene rings is 1. The molecule has 20 heavy (non-hydrogen) atoms. The number of nitrogens with zero attached hydrogens (tertiary/aromatic N) is 2. The number of hydrogen-bond acceptors (Lipinski definition) is 5. The Morgan fingerprint density at radius 2 is 2.40 bits per heavy atom. The van der Waals surface area contributed by atoms with Crippen LogP contribution in [0, 0.1) is 5.92 Å². The first-order valence-electron chi connectivity index (χ1n) is 6.59. The van der Waals surface area contributed by atoms with E-state index in [4.69, 9.17) is 5.11 Å². The van der Waals surface area contributed by atoms with Gasteiger partial charge in [0.2, 0.25) is 0 Å². The summed E-state index contributed by atoms with van der Waals surface area (Å²) in [6, 6.07) is 2.16. The molecule has 2 aromatic rings.